The lowest BCUT2D eigenvalue weighted by molar-refractivity contribution is -0.384. The molecule has 7 atom stereocenters. The van der Waals surface area contributed by atoms with Gasteiger partial charge in [-0.3, -0.25) is 0 Å². The third-order valence-electron chi connectivity index (χ3n) is 2.97. The lowest BCUT2D eigenvalue weighted by atomic mass is 9.87. The zero-order chi connectivity index (χ0) is 14.1. The molecule has 1 saturated heterocycles. The van der Waals surface area contributed by atoms with Crippen LogP contribution in [0, 0.1) is 0 Å². The van der Waals surface area contributed by atoms with E-state index in [1.54, 1.807) is 0 Å². The van der Waals surface area contributed by atoms with E-state index in [4.69, 9.17) is 14.9 Å². The van der Waals surface area contributed by atoms with Crippen molar-refractivity contribution in [3.63, 3.8) is 0 Å². The molecule has 1 heterocycles. The normalized spacial score (nSPS) is 44.7. The molecule has 9 nitrogen and oxygen atoms in total. The van der Waals surface area contributed by atoms with Crippen molar-refractivity contribution in [3.8, 4) is 0 Å². The monoisotopic (exact) mass is 270 g/mol. The highest BCUT2D eigenvalue weighted by molar-refractivity contribution is 5.00. The van der Waals surface area contributed by atoms with E-state index in [9.17, 15) is 30.6 Å². The van der Waals surface area contributed by atoms with E-state index in [2.05, 4.69) is 0 Å². The molecule has 0 radical (unpaired) electrons. The number of hydrogen-bond acceptors (Lipinski definition) is 9. The molecule has 1 aliphatic rings. The maximum absolute atomic E-state index is 9.92. The summed E-state index contributed by atoms with van der Waals surface area (Å²) in [4.78, 5) is 0. The summed E-state index contributed by atoms with van der Waals surface area (Å²) in [5.74, 6) is -2.83. The van der Waals surface area contributed by atoms with Gasteiger partial charge in [0.1, 0.15) is 36.6 Å². The van der Waals surface area contributed by atoms with E-state index in [1.807, 2.05) is 0 Å². The second-order valence-electron chi connectivity index (χ2n) is 4.21. The molecule has 1 rings (SSSR count). The molecule has 0 aromatic rings. The number of rotatable bonds is 4. The highest BCUT2D eigenvalue weighted by atomic mass is 16.7. The van der Waals surface area contributed by atoms with Crippen LogP contribution in [0.3, 0.4) is 0 Å². The van der Waals surface area contributed by atoms with E-state index in [0.717, 1.165) is 0 Å². The first-order valence-corrected chi connectivity index (χ1v) is 5.31. The number of aliphatic hydroxyl groups excluding tert-OH is 7. The average Bonchev–Trinajstić information content (AvgIpc) is 2.38. The topological polar surface area (TPSA) is 171 Å². The molecule has 0 spiro atoms. The van der Waals surface area contributed by atoms with E-state index in [-0.39, 0.29) is 0 Å². The van der Waals surface area contributed by atoms with Crippen LogP contribution in [0.2, 0.25) is 0 Å². The van der Waals surface area contributed by atoms with Crippen LogP contribution in [0.15, 0.2) is 0 Å². The Balaban J connectivity index is 2.98. The summed E-state index contributed by atoms with van der Waals surface area (Å²) in [6.45, 7) is -1.73. The van der Waals surface area contributed by atoms with Gasteiger partial charge in [-0.1, -0.05) is 0 Å². The Bertz CT molecular complexity index is 267. The zero-order valence-electron chi connectivity index (χ0n) is 9.36. The summed E-state index contributed by atoms with van der Waals surface area (Å²) in [7, 11) is 0. The maximum atomic E-state index is 9.92. The maximum Gasteiger partial charge on any atom is 0.224 e. The van der Waals surface area contributed by atoms with Crippen LogP contribution < -0.4 is 0 Å². The molecule has 1 aliphatic heterocycles. The van der Waals surface area contributed by atoms with Crippen molar-refractivity contribution in [2.45, 2.75) is 42.4 Å². The Hall–Kier alpha value is -0.360. The van der Waals surface area contributed by atoms with Crippen LogP contribution >= 0.6 is 0 Å². The van der Waals surface area contributed by atoms with Crippen molar-refractivity contribution in [2.24, 2.45) is 0 Å². The second kappa shape index (κ2) is 5.74. The largest absolute Gasteiger partial charge is 0.394 e. The fourth-order valence-corrected chi connectivity index (χ4v) is 1.80. The first kappa shape index (κ1) is 15.7. The molecular formula is C9H18O9. The van der Waals surface area contributed by atoms with Gasteiger partial charge in [0.15, 0.2) is 0 Å². The minimum atomic E-state index is -2.83. The van der Waals surface area contributed by atoms with Crippen molar-refractivity contribution in [1.82, 2.24) is 0 Å². The lowest BCUT2D eigenvalue weighted by Crippen LogP contribution is -2.71. The van der Waals surface area contributed by atoms with Gasteiger partial charge in [0.2, 0.25) is 5.79 Å². The standard InChI is InChI=1S/C9H18O9/c10-1-3(12)7(15)9(17)8(16)6(14)5(13)4(2-11)18-9/h3-8,10-17H,1-2H2/t3?,4-,5-,6+,7?,8-,9?/m1/s1. The third kappa shape index (κ3) is 2.50. The molecule has 0 amide bonds. The van der Waals surface area contributed by atoms with Crippen molar-refractivity contribution < 1.29 is 45.6 Å². The van der Waals surface area contributed by atoms with Gasteiger partial charge in [-0.05, 0) is 0 Å². The highest BCUT2D eigenvalue weighted by Gasteiger charge is 2.57. The van der Waals surface area contributed by atoms with E-state index in [0.29, 0.717) is 0 Å². The predicted molar refractivity (Wildman–Crippen MR) is 54.0 cm³/mol. The quantitative estimate of drug-likeness (QED) is 0.249. The Labute approximate surface area is 102 Å². The Morgan fingerprint density at radius 2 is 1.61 bits per heavy atom. The van der Waals surface area contributed by atoms with Gasteiger partial charge in [0.05, 0.1) is 13.2 Å². The van der Waals surface area contributed by atoms with E-state index in [1.165, 1.54) is 0 Å². The van der Waals surface area contributed by atoms with Crippen LogP contribution in [-0.4, -0.2) is 96.5 Å². The minimum Gasteiger partial charge on any atom is -0.394 e. The summed E-state index contributed by atoms with van der Waals surface area (Å²) in [5.41, 5.74) is 0. The van der Waals surface area contributed by atoms with Crippen LogP contribution in [0.4, 0.5) is 0 Å². The van der Waals surface area contributed by atoms with Gasteiger partial charge in [-0.25, -0.2) is 0 Å². The van der Waals surface area contributed by atoms with Crippen molar-refractivity contribution >= 4 is 0 Å². The van der Waals surface area contributed by atoms with Crippen molar-refractivity contribution in [3.05, 3.63) is 0 Å². The zero-order valence-corrected chi connectivity index (χ0v) is 9.36. The molecule has 1 fully saturated rings. The molecule has 3 unspecified atom stereocenters. The summed E-state index contributed by atoms with van der Waals surface area (Å²) in [6.07, 6.45) is -11.2. The summed E-state index contributed by atoms with van der Waals surface area (Å²) < 4.78 is 4.73. The lowest BCUT2D eigenvalue weighted by Gasteiger charge is -2.47. The summed E-state index contributed by atoms with van der Waals surface area (Å²) in [6, 6.07) is 0. The second-order valence-corrected chi connectivity index (χ2v) is 4.21. The van der Waals surface area contributed by atoms with Crippen LogP contribution in [0.5, 0.6) is 0 Å². The summed E-state index contributed by atoms with van der Waals surface area (Å²) >= 11 is 0. The summed E-state index contributed by atoms with van der Waals surface area (Å²) in [5, 5.41) is 74.7. The molecule has 0 aromatic carbocycles. The Morgan fingerprint density at radius 3 is 2.06 bits per heavy atom. The smallest absolute Gasteiger partial charge is 0.224 e. The fourth-order valence-electron chi connectivity index (χ4n) is 1.80. The molecule has 0 aromatic heterocycles. The van der Waals surface area contributed by atoms with E-state index < -0.39 is 55.6 Å². The number of hydrogen-bond donors (Lipinski definition) is 8. The number of ether oxygens (including phenoxy) is 1. The molecule has 8 N–H and O–H groups in total. The van der Waals surface area contributed by atoms with Gasteiger partial charge >= 0.3 is 0 Å². The SMILES string of the molecule is OCC(O)C(O)C1(O)O[C@H](CO)[C@@H](O)[C@H](O)[C@H]1O. The molecule has 0 bridgehead atoms. The molecule has 0 aliphatic carbocycles. The van der Waals surface area contributed by atoms with Gasteiger partial charge in [-0.2, -0.15) is 0 Å². The van der Waals surface area contributed by atoms with Crippen LogP contribution in [0.1, 0.15) is 0 Å². The van der Waals surface area contributed by atoms with Gasteiger partial charge < -0.3 is 45.6 Å². The van der Waals surface area contributed by atoms with Gasteiger partial charge in [-0.15, -0.1) is 0 Å². The molecule has 18 heavy (non-hydrogen) atoms. The van der Waals surface area contributed by atoms with E-state index >= 15 is 0 Å². The highest BCUT2D eigenvalue weighted by Crippen LogP contribution is 2.31. The third-order valence-corrected chi connectivity index (χ3v) is 2.97. The first-order chi connectivity index (χ1) is 8.29. The van der Waals surface area contributed by atoms with Crippen molar-refractivity contribution in [2.75, 3.05) is 13.2 Å². The molecular weight excluding hydrogens is 252 g/mol. The first-order valence-electron chi connectivity index (χ1n) is 5.31. The Morgan fingerprint density at radius 1 is 1.06 bits per heavy atom. The Kier molecular flexibility index (Phi) is 5.00. The van der Waals surface area contributed by atoms with Crippen molar-refractivity contribution in [1.29, 1.82) is 0 Å². The van der Waals surface area contributed by atoms with Crippen LogP contribution in [0.25, 0.3) is 0 Å². The van der Waals surface area contributed by atoms with Gasteiger partial charge in [0.25, 0.3) is 0 Å². The molecule has 108 valence electrons. The molecule has 9 heteroatoms. The van der Waals surface area contributed by atoms with Gasteiger partial charge in [0, 0.05) is 0 Å². The number of aliphatic hydroxyl groups is 8. The van der Waals surface area contributed by atoms with Crippen LogP contribution in [-0.2, 0) is 4.74 Å². The fraction of sp³-hybridized carbons (Fsp3) is 1.00. The predicted octanol–water partition coefficient (Wildman–Crippen LogP) is -5.14. The average molecular weight is 270 g/mol. The minimum absolute atomic E-state index is 0.796. The molecule has 0 saturated carbocycles.